The van der Waals surface area contributed by atoms with Gasteiger partial charge in [-0.25, -0.2) is 0 Å². The summed E-state index contributed by atoms with van der Waals surface area (Å²) in [6.45, 7) is 14.4. The van der Waals surface area contributed by atoms with Gasteiger partial charge in [0.1, 0.15) is 0 Å². The molecular formula is C53H58Cl2. The maximum absolute atomic E-state index is 6.53. The lowest BCUT2D eigenvalue weighted by Gasteiger charge is -2.50. The Balaban J connectivity index is 1.42. The third kappa shape index (κ3) is 7.51. The van der Waals surface area contributed by atoms with E-state index in [1.165, 1.54) is 70.2 Å². The molecule has 2 fully saturated rings. The van der Waals surface area contributed by atoms with E-state index in [4.69, 9.17) is 23.2 Å². The molecule has 8 rings (SSSR count). The average molecular weight is 766 g/mol. The van der Waals surface area contributed by atoms with Crippen molar-refractivity contribution in [3.63, 3.8) is 0 Å². The van der Waals surface area contributed by atoms with Crippen molar-refractivity contribution in [1.82, 2.24) is 0 Å². The second kappa shape index (κ2) is 15.1. The summed E-state index contributed by atoms with van der Waals surface area (Å²) < 4.78 is 0. The third-order valence-corrected chi connectivity index (χ3v) is 14.2. The van der Waals surface area contributed by atoms with Crippen LogP contribution in [0.1, 0.15) is 89.5 Å². The molecule has 0 aromatic heterocycles. The van der Waals surface area contributed by atoms with Crippen LogP contribution in [0.25, 0.3) is 11.1 Å². The first-order chi connectivity index (χ1) is 26.3. The molecule has 4 aromatic rings. The van der Waals surface area contributed by atoms with Gasteiger partial charge in [0.2, 0.25) is 0 Å². The Bertz CT molecular complexity index is 1950. The summed E-state index contributed by atoms with van der Waals surface area (Å²) in [7, 11) is 0. The van der Waals surface area contributed by atoms with Crippen LogP contribution in [0.3, 0.4) is 0 Å². The highest BCUT2D eigenvalue weighted by Crippen LogP contribution is 2.66. The molecule has 0 spiro atoms. The normalized spacial score (nSPS) is 24.4. The molecule has 4 aromatic carbocycles. The van der Waals surface area contributed by atoms with Crippen LogP contribution in [0.5, 0.6) is 0 Å². The molecule has 0 amide bonds. The monoisotopic (exact) mass is 764 g/mol. The fourth-order valence-electron chi connectivity index (χ4n) is 11.4. The number of rotatable bonds is 8. The maximum Gasteiger partial charge on any atom is 0.0406 e. The summed E-state index contributed by atoms with van der Waals surface area (Å²) in [4.78, 5) is 0. The summed E-state index contributed by atoms with van der Waals surface area (Å²) in [6, 6.07) is 40.3. The Morgan fingerprint density at radius 1 is 0.473 bits per heavy atom. The minimum atomic E-state index is -0.0177. The van der Waals surface area contributed by atoms with Crippen molar-refractivity contribution in [2.24, 2.45) is 51.8 Å². The van der Waals surface area contributed by atoms with Gasteiger partial charge in [-0.3, -0.25) is 0 Å². The molecule has 0 bridgehead atoms. The van der Waals surface area contributed by atoms with Gasteiger partial charge in [0.15, 0.2) is 0 Å². The van der Waals surface area contributed by atoms with Crippen LogP contribution >= 0.6 is 23.2 Å². The van der Waals surface area contributed by atoms with Crippen LogP contribution in [-0.2, 0) is 12.8 Å². The Morgan fingerprint density at radius 3 is 1.22 bits per heavy atom. The molecule has 0 saturated heterocycles. The Morgan fingerprint density at radius 2 is 0.855 bits per heavy atom. The van der Waals surface area contributed by atoms with Crippen LogP contribution in [0.15, 0.2) is 145 Å². The van der Waals surface area contributed by atoms with E-state index >= 15 is 0 Å². The summed E-state index contributed by atoms with van der Waals surface area (Å²) >= 11 is 13.1. The van der Waals surface area contributed by atoms with Crippen molar-refractivity contribution in [2.75, 3.05) is 0 Å². The second-order valence-electron chi connectivity index (χ2n) is 19.2. The van der Waals surface area contributed by atoms with Gasteiger partial charge in [0.25, 0.3) is 0 Å². The standard InChI is InChI=1S/C53H58Cl2/c1-51(2,3)48-31-44-45-32-49(52(4,5)6)43(38-23-27-41(55)28-24-38)30-47(45)50(46(44)29-42(48)37-21-25-40(54)26-22-37)53(39-19-13-14-20-39,33-35-15-9-7-10-16-35)34-36-17-11-8-12-18-36/h7-12,15-18,21-32,39,44-47,50H,13-14,19-20,33-34H2,1-6H3. The van der Waals surface area contributed by atoms with E-state index in [1.807, 2.05) is 0 Å². The third-order valence-electron chi connectivity index (χ3n) is 13.7. The molecule has 0 radical (unpaired) electrons. The van der Waals surface area contributed by atoms with Gasteiger partial charge in [-0.15, -0.1) is 0 Å². The van der Waals surface area contributed by atoms with Crippen LogP contribution < -0.4 is 0 Å². The smallest absolute Gasteiger partial charge is 0.0406 e. The average Bonchev–Trinajstić information content (AvgIpc) is 3.82. The molecule has 55 heavy (non-hydrogen) atoms. The highest BCUT2D eigenvalue weighted by Gasteiger charge is 2.60. The largest absolute Gasteiger partial charge is 0.0843 e. The number of allylic oxidation sites excluding steroid dienone is 8. The van der Waals surface area contributed by atoms with Crippen molar-refractivity contribution in [3.8, 4) is 0 Å². The lowest BCUT2D eigenvalue weighted by atomic mass is 9.54. The van der Waals surface area contributed by atoms with Gasteiger partial charge in [-0.05, 0) is 146 Å². The van der Waals surface area contributed by atoms with Gasteiger partial charge in [0, 0.05) is 10.0 Å². The van der Waals surface area contributed by atoms with Crippen molar-refractivity contribution in [1.29, 1.82) is 0 Å². The summed E-state index contributed by atoms with van der Waals surface area (Å²) in [5, 5.41) is 1.57. The number of fused-ring (bicyclic) bond motifs is 3. The molecule has 0 aliphatic heterocycles. The highest BCUT2D eigenvalue weighted by molar-refractivity contribution is 6.30. The second-order valence-corrected chi connectivity index (χ2v) is 20.1. The summed E-state index contributed by atoms with van der Waals surface area (Å²) in [5.41, 5.74) is 11.2. The zero-order chi connectivity index (χ0) is 38.5. The van der Waals surface area contributed by atoms with Crippen molar-refractivity contribution in [3.05, 3.63) is 177 Å². The van der Waals surface area contributed by atoms with E-state index in [1.54, 1.807) is 0 Å². The minimum absolute atomic E-state index is 0.0177. The topological polar surface area (TPSA) is 0 Å². The molecule has 0 nitrogen and oxygen atoms in total. The summed E-state index contributed by atoms with van der Waals surface area (Å²) in [5.74, 6) is 2.60. The molecule has 2 heteroatoms. The van der Waals surface area contributed by atoms with Gasteiger partial charge < -0.3 is 0 Å². The molecule has 284 valence electrons. The molecule has 4 unspecified atom stereocenters. The van der Waals surface area contributed by atoms with E-state index < -0.39 is 0 Å². The van der Waals surface area contributed by atoms with E-state index in [2.05, 4.69) is 175 Å². The lowest BCUT2D eigenvalue weighted by Crippen LogP contribution is -2.46. The fourth-order valence-corrected chi connectivity index (χ4v) is 11.7. The lowest BCUT2D eigenvalue weighted by molar-refractivity contribution is 0.0344. The van der Waals surface area contributed by atoms with Crippen molar-refractivity contribution >= 4 is 34.3 Å². The highest BCUT2D eigenvalue weighted by atomic mass is 35.5. The summed E-state index contributed by atoms with van der Waals surface area (Å²) in [6.07, 6.45) is 18.5. The number of halogens is 2. The first-order valence-electron chi connectivity index (χ1n) is 20.8. The Kier molecular flexibility index (Phi) is 10.5. The van der Waals surface area contributed by atoms with Crippen LogP contribution in [0.4, 0.5) is 0 Å². The van der Waals surface area contributed by atoms with Gasteiger partial charge >= 0.3 is 0 Å². The molecule has 0 heterocycles. The molecule has 4 aliphatic rings. The van der Waals surface area contributed by atoms with E-state index in [0.29, 0.717) is 35.5 Å². The zero-order valence-electron chi connectivity index (χ0n) is 33.7. The van der Waals surface area contributed by atoms with Crippen LogP contribution in [-0.4, -0.2) is 0 Å². The van der Waals surface area contributed by atoms with Gasteiger partial charge in [0.05, 0.1) is 0 Å². The van der Waals surface area contributed by atoms with E-state index in [9.17, 15) is 0 Å². The number of benzene rings is 4. The van der Waals surface area contributed by atoms with Crippen LogP contribution in [0, 0.1) is 51.8 Å². The number of hydrogen-bond acceptors (Lipinski definition) is 0. The SMILES string of the molecule is CC(C)(C)C1=CC2C3C=C(C(C)(C)C)C(c4ccc(Cl)cc4)=CC3C(C(Cc3ccccc3)(Cc3ccccc3)C3CCCC3)C2C=C1c1ccc(Cl)cc1. The molecular weight excluding hydrogens is 707 g/mol. The van der Waals surface area contributed by atoms with E-state index in [-0.39, 0.29) is 16.2 Å². The fraction of sp³-hybridized carbons (Fsp3) is 0.396. The molecule has 2 saturated carbocycles. The number of hydrogen-bond donors (Lipinski definition) is 0. The molecule has 4 atom stereocenters. The van der Waals surface area contributed by atoms with Crippen molar-refractivity contribution < 1.29 is 0 Å². The Hall–Kier alpha value is -3.58. The quantitative estimate of drug-likeness (QED) is 0.168. The minimum Gasteiger partial charge on any atom is -0.0843 e. The van der Waals surface area contributed by atoms with Crippen LogP contribution in [0.2, 0.25) is 10.0 Å². The van der Waals surface area contributed by atoms with Gasteiger partial charge in [-0.1, -0.05) is 187 Å². The Labute approximate surface area is 341 Å². The first kappa shape index (κ1) is 38.3. The van der Waals surface area contributed by atoms with E-state index in [0.717, 1.165) is 22.9 Å². The predicted octanol–water partition coefficient (Wildman–Crippen LogP) is 15.2. The maximum atomic E-state index is 6.53. The predicted molar refractivity (Wildman–Crippen MR) is 236 cm³/mol. The first-order valence-corrected chi connectivity index (χ1v) is 21.6. The van der Waals surface area contributed by atoms with Crippen molar-refractivity contribution in [2.45, 2.75) is 80.1 Å². The molecule has 4 aliphatic carbocycles. The molecule has 0 N–H and O–H groups in total. The zero-order valence-corrected chi connectivity index (χ0v) is 35.2. The van der Waals surface area contributed by atoms with Gasteiger partial charge in [-0.2, -0.15) is 0 Å².